The van der Waals surface area contributed by atoms with Gasteiger partial charge in [0.1, 0.15) is 0 Å². The first kappa shape index (κ1) is 15.0. The predicted octanol–water partition coefficient (Wildman–Crippen LogP) is 2.63. The Morgan fingerprint density at radius 3 is 2.90 bits per heavy atom. The number of sulfone groups is 1. The van der Waals surface area contributed by atoms with Gasteiger partial charge in [-0.2, -0.15) is 0 Å². The maximum Gasteiger partial charge on any atom is 0.223 e. The van der Waals surface area contributed by atoms with Gasteiger partial charge in [-0.25, -0.2) is 8.42 Å². The topological polar surface area (TPSA) is 54.5 Å². The van der Waals surface area contributed by atoms with Crippen molar-refractivity contribution in [1.29, 1.82) is 0 Å². The van der Waals surface area contributed by atoms with Crippen molar-refractivity contribution >= 4 is 27.1 Å². The second-order valence-electron chi connectivity index (χ2n) is 6.09. The average molecular weight is 327 g/mol. The van der Waals surface area contributed by atoms with Crippen LogP contribution in [0.15, 0.2) is 17.5 Å². The van der Waals surface area contributed by atoms with Crippen molar-refractivity contribution in [2.24, 2.45) is 5.92 Å². The van der Waals surface area contributed by atoms with E-state index < -0.39 is 9.84 Å². The molecule has 6 heteroatoms. The van der Waals surface area contributed by atoms with Gasteiger partial charge >= 0.3 is 0 Å². The van der Waals surface area contributed by atoms with Crippen LogP contribution in [0.3, 0.4) is 0 Å². The summed E-state index contributed by atoms with van der Waals surface area (Å²) in [6, 6.07) is 4.32. The molecular weight excluding hydrogens is 306 g/mol. The molecule has 21 heavy (non-hydrogen) atoms. The number of hydrogen-bond donors (Lipinski definition) is 0. The van der Waals surface area contributed by atoms with Crippen LogP contribution in [0.25, 0.3) is 0 Å². The van der Waals surface area contributed by atoms with Crippen LogP contribution in [-0.2, 0) is 14.6 Å². The SMILES string of the molecule is O=C(CC1CCCS(=O)(=O)C1)N1CCCC1c1cccs1. The van der Waals surface area contributed by atoms with E-state index in [1.165, 1.54) is 4.88 Å². The van der Waals surface area contributed by atoms with Gasteiger partial charge in [-0.05, 0) is 43.0 Å². The predicted molar refractivity (Wildman–Crippen MR) is 84.0 cm³/mol. The minimum Gasteiger partial charge on any atom is -0.335 e. The molecule has 1 aromatic heterocycles. The molecule has 2 unspecified atom stereocenters. The van der Waals surface area contributed by atoms with Gasteiger partial charge in [-0.1, -0.05) is 6.07 Å². The van der Waals surface area contributed by atoms with E-state index in [1.807, 2.05) is 16.3 Å². The zero-order valence-corrected chi connectivity index (χ0v) is 13.7. The van der Waals surface area contributed by atoms with Gasteiger partial charge in [-0.15, -0.1) is 11.3 Å². The van der Waals surface area contributed by atoms with E-state index in [2.05, 4.69) is 6.07 Å². The molecule has 2 saturated heterocycles. The quantitative estimate of drug-likeness (QED) is 0.857. The molecule has 2 fully saturated rings. The van der Waals surface area contributed by atoms with Gasteiger partial charge < -0.3 is 4.90 Å². The van der Waals surface area contributed by atoms with Gasteiger partial charge in [0, 0.05) is 17.8 Å². The molecule has 1 amide bonds. The molecule has 0 aliphatic carbocycles. The lowest BCUT2D eigenvalue weighted by Gasteiger charge is -2.27. The second kappa shape index (κ2) is 6.08. The van der Waals surface area contributed by atoms with Crippen molar-refractivity contribution in [1.82, 2.24) is 4.90 Å². The summed E-state index contributed by atoms with van der Waals surface area (Å²) in [5, 5.41) is 2.05. The van der Waals surface area contributed by atoms with E-state index in [9.17, 15) is 13.2 Å². The third-order valence-electron chi connectivity index (χ3n) is 4.47. The fourth-order valence-corrected chi connectivity index (χ4v) is 6.13. The number of thiophene rings is 1. The number of carbonyl (C=O) groups is 1. The Hall–Kier alpha value is -0.880. The lowest BCUT2D eigenvalue weighted by atomic mass is 10.0. The average Bonchev–Trinajstić information content (AvgIpc) is 3.08. The van der Waals surface area contributed by atoms with Gasteiger partial charge in [-0.3, -0.25) is 4.79 Å². The second-order valence-corrected chi connectivity index (χ2v) is 9.30. The van der Waals surface area contributed by atoms with Crippen molar-refractivity contribution in [3.63, 3.8) is 0 Å². The molecule has 0 bridgehead atoms. The lowest BCUT2D eigenvalue weighted by molar-refractivity contribution is -0.133. The summed E-state index contributed by atoms with van der Waals surface area (Å²) in [7, 11) is -2.93. The van der Waals surface area contributed by atoms with Crippen LogP contribution in [0.5, 0.6) is 0 Å². The lowest BCUT2D eigenvalue weighted by Crippen LogP contribution is -2.34. The van der Waals surface area contributed by atoms with Crippen LogP contribution >= 0.6 is 11.3 Å². The van der Waals surface area contributed by atoms with Gasteiger partial charge in [0.25, 0.3) is 0 Å². The molecule has 0 radical (unpaired) electrons. The Kier molecular flexibility index (Phi) is 4.36. The summed E-state index contributed by atoms with van der Waals surface area (Å²) < 4.78 is 23.4. The van der Waals surface area contributed by atoms with Crippen molar-refractivity contribution in [3.05, 3.63) is 22.4 Å². The normalized spacial score (nSPS) is 28.7. The van der Waals surface area contributed by atoms with Crippen molar-refractivity contribution < 1.29 is 13.2 Å². The maximum absolute atomic E-state index is 12.6. The monoisotopic (exact) mass is 327 g/mol. The minimum absolute atomic E-state index is 0.0147. The van der Waals surface area contributed by atoms with E-state index in [0.29, 0.717) is 18.6 Å². The Bertz CT molecular complexity index is 594. The standard InChI is InChI=1S/C15H21NO3S2/c17-15(10-12-4-3-9-21(18,19)11-12)16-7-1-5-13(16)14-6-2-8-20-14/h2,6,8,12-13H,1,3-5,7,9-11H2. The molecule has 3 rings (SSSR count). The van der Waals surface area contributed by atoms with E-state index in [1.54, 1.807) is 11.3 Å². The van der Waals surface area contributed by atoms with Crippen molar-refractivity contribution in [3.8, 4) is 0 Å². The van der Waals surface area contributed by atoms with Crippen LogP contribution in [-0.4, -0.2) is 37.3 Å². The highest BCUT2D eigenvalue weighted by atomic mass is 32.2. The Morgan fingerprint density at radius 2 is 2.19 bits per heavy atom. The fourth-order valence-electron chi connectivity index (χ4n) is 3.48. The van der Waals surface area contributed by atoms with Crippen LogP contribution in [0.1, 0.15) is 43.0 Å². The number of nitrogens with zero attached hydrogens (tertiary/aromatic N) is 1. The Morgan fingerprint density at radius 1 is 1.33 bits per heavy atom. The number of carbonyl (C=O) groups excluding carboxylic acids is 1. The first-order valence-corrected chi connectivity index (χ1v) is 10.3. The molecule has 1 aromatic rings. The highest BCUT2D eigenvalue weighted by molar-refractivity contribution is 7.91. The minimum atomic E-state index is -2.93. The molecular formula is C15H21NO3S2. The number of likely N-dealkylation sites (tertiary alicyclic amines) is 1. The molecule has 0 spiro atoms. The number of amides is 1. The van der Waals surface area contributed by atoms with Crippen molar-refractivity contribution in [2.75, 3.05) is 18.1 Å². The fraction of sp³-hybridized carbons (Fsp3) is 0.667. The van der Waals surface area contributed by atoms with E-state index >= 15 is 0 Å². The van der Waals surface area contributed by atoms with Gasteiger partial charge in [0.05, 0.1) is 17.5 Å². The van der Waals surface area contributed by atoms with E-state index in [0.717, 1.165) is 25.8 Å². The van der Waals surface area contributed by atoms with Crippen LogP contribution in [0.4, 0.5) is 0 Å². The summed E-state index contributed by atoms with van der Waals surface area (Å²) in [6.45, 7) is 0.806. The third kappa shape index (κ3) is 3.48. The summed E-state index contributed by atoms with van der Waals surface area (Å²) >= 11 is 1.70. The molecule has 4 nitrogen and oxygen atoms in total. The molecule has 3 heterocycles. The molecule has 2 atom stereocenters. The smallest absolute Gasteiger partial charge is 0.223 e. The van der Waals surface area contributed by atoms with Gasteiger partial charge in [0.15, 0.2) is 9.84 Å². The summed E-state index contributed by atoms with van der Waals surface area (Å²) in [6.07, 6.45) is 4.02. The van der Waals surface area contributed by atoms with E-state index in [-0.39, 0.29) is 23.6 Å². The van der Waals surface area contributed by atoms with E-state index in [4.69, 9.17) is 0 Å². The summed E-state index contributed by atoms with van der Waals surface area (Å²) in [4.78, 5) is 15.8. The van der Waals surface area contributed by atoms with Crippen LogP contribution in [0, 0.1) is 5.92 Å². The molecule has 116 valence electrons. The van der Waals surface area contributed by atoms with Crippen LogP contribution < -0.4 is 0 Å². The van der Waals surface area contributed by atoms with Crippen molar-refractivity contribution in [2.45, 2.75) is 38.1 Å². The molecule has 0 aromatic carbocycles. The third-order valence-corrected chi connectivity index (χ3v) is 7.33. The van der Waals surface area contributed by atoms with Crippen LogP contribution in [0.2, 0.25) is 0 Å². The summed E-state index contributed by atoms with van der Waals surface area (Å²) in [5.41, 5.74) is 0. The zero-order valence-electron chi connectivity index (χ0n) is 12.0. The first-order chi connectivity index (χ1) is 10.1. The molecule has 0 saturated carbocycles. The van der Waals surface area contributed by atoms with Gasteiger partial charge in [0.2, 0.25) is 5.91 Å². The number of hydrogen-bond acceptors (Lipinski definition) is 4. The maximum atomic E-state index is 12.6. The Balaban J connectivity index is 1.65. The highest BCUT2D eigenvalue weighted by Crippen LogP contribution is 2.35. The molecule has 2 aliphatic rings. The highest BCUT2D eigenvalue weighted by Gasteiger charge is 2.33. The Labute approximate surface area is 130 Å². The first-order valence-electron chi connectivity index (χ1n) is 7.58. The molecule has 0 N–H and O–H groups in total. The largest absolute Gasteiger partial charge is 0.335 e. The summed E-state index contributed by atoms with van der Waals surface area (Å²) in [5.74, 6) is 0.629. The zero-order chi connectivity index (χ0) is 14.9. The number of rotatable bonds is 3. The molecule has 2 aliphatic heterocycles.